The zero-order valence-electron chi connectivity index (χ0n) is 7.89. The zero-order chi connectivity index (χ0) is 7.61. The van der Waals surface area contributed by atoms with Crippen LogP contribution in [0.1, 0.15) is 13.3 Å². The van der Waals surface area contributed by atoms with Crippen molar-refractivity contribution in [1.29, 1.82) is 0 Å². The van der Waals surface area contributed by atoms with Crippen molar-refractivity contribution in [3.05, 3.63) is 0 Å². The van der Waals surface area contributed by atoms with Crippen LogP contribution in [-0.4, -0.2) is 18.5 Å². The fourth-order valence-electron chi connectivity index (χ4n) is 0.944. The van der Waals surface area contributed by atoms with Gasteiger partial charge in [-0.1, -0.05) is 0 Å². The van der Waals surface area contributed by atoms with Crippen LogP contribution in [0.4, 0.5) is 0 Å². The smallest absolute Gasteiger partial charge is 0.839 e. The third-order valence-corrected chi connectivity index (χ3v) is 2.70. The van der Waals surface area contributed by atoms with E-state index in [0.29, 0.717) is 0 Å². The predicted molar refractivity (Wildman–Crippen MR) is 35.9 cm³/mol. The molecular formula is C5H11N2Na2O2P. The van der Waals surface area contributed by atoms with E-state index in [2.05, 4.69) is 10.6 Å². The molecule has 1 aliphatic rings. The van der Waals surface area contributed by atoms with Crippen molar-refractivity contribution in [1.82, 2.24) is 10.6 Å². The first-order valence-corrected chi connectivity index (χ1v) is 4.47. The molecule has 60 valence electrons. The van der Waals surface area contributed by atoms with Crippen LogP contribution in [0.5, 0.6) is 0 Å². The van der Waals surface area contributed by atoms with E-state index in [1.807, 2.05) is 0 Å². The fourth-order valence-corrected chi connectivity index (χ4v) is 1.43. The summed E-state index contributed by atoms with van der Waals surface area (Å²) in [6.45, 7) is 3.18. The van der Waals surface area contributed by atoms with Crippen LogP contribution in [-0.2, 0) is 0 Å². The first-order valence-electron chi connectivity index (χ1n) is 3.30. The van der Waals surface area contributed by atoms with Crippen LogP contribution >= 0.6 is 8.38 Å². The van der Waals surface area contributed by atoms with Gasteiger partial charge in [0.25, 0.3) is 0 Å². The van der Waals surface area contributed by atoms with Gasteiger partial charge in [-0.25, -0.2) is 0 Å². The van der Waals surface area contributed by atoms with Crippen molar-refractivity contribution in [2.75, 3.05) is 13.1 Å². The SMILES string of the molecule is CC1(P([O-])[O-])NCCCN1.[Na+].[Na+]. The Labute approximate surface area is 118 Å². The molecule has 2 N–H and O–H groups in total. The molecule has 4 nitrogen and oxygen atoms in total. The normalized spacial score (nSPS) is 21.0. The minimum Gasteiger partial charge on any atom is -0.839 e. The summed E-state index contributed by atoms with van der Waals surface area (Å²) >= 11 is 0. The Morgan fingerprint density at radius 2 is 1.58 bits per heavy atom. The molecule has 0 spiro atoms. The quantitative estimate of drug-likeness (QED) is 0.332. The summed E-state index contributed by atoms with van der Waals surface area (Å²) in [5, 5.41) is 4.91. The Bertz CT molecular complexity index is 122. The van der Waals surface area contributed by atoms with Crippen LogP contribution in [0.2, 0.25) is 0 Å². The number of hydrogen-bond acceptors (Lipinski definition) is 4. The molecule has 1 rings (SSSR count). The van der Waals surface area contributed by atoms with Gasteiger partial charge >= 0.3 is 59.1 Å². The molecule has 0 unspecified atom stereocenters. The molecule has 0 aromatic rings. The van der Waals surface area contributed by atoms with Gasteiger partial charge in [-0.3, -0.25) is 19.0 Å². The van der Waals surface area contributed by atoms with Gasteiger partial charge < -0.3 is 9.79 Å². The molecule has 0 radical (unpaired) electrons. The molecule has 1 fully saturated rings. The molecule has 0 aromatic carbocycles. The van der Waals surface area contributed by atoms with E-state index in [-0.39, 0.29) is 59.1 Å². The minimum absolute atomic E-state index is 0. The van der Waals surface area contributed by atoms with Crippen molar-refractivity contribution in [2.45, 2.75) is 18.7 Å². The molecule has 0 atom stereocenters. The maximum atomic E-state index is 10.6. The van der Waals surface area contributed by atoms with E-state index >= 15 is 0 Å². The summed E-state index contributed by atoms with van der Waals surface area (Å²) in [6.07, 6.45) is 0.985. The molecule has 0 bridgehead atoms. The van der Waals surface area contributed by atoms with E-state index in [4.69, 9.17) is 0 Å². The van der Waals surface area contributed by atoms with Gasteiger partial charge in [0.05, 0.1) is 5.40 Å². The average Bonchev–Trinajstić information content (AvgIpc) is 1.89. The summed E-state index contributed by atoms with van der Waals surface area (Å²) in [4.78, 5) is 21.2. The minimum atomic E-state index is -2.42. The Morgan fingerprint density at radius 1 is 1.17 bits per heavy atom. The Morgan fingerprint density at radius 3 is 1.83 bits per heavy atom. The van der Waals surface area contributed by atoms with Gasteiger partial charge in [0.1, 0.15) is 0 Å². The maximum absolute atomic E-state index is 10.6. The third kappa shape index (κ3) is 4.67. The van der Waals surface area contributed by atoms with E-state index in [1.165, 1.54) is 0 Å². The van der Waals surface area contributed by atoms with Gasteiger partial charge in [-0.05, 0) is 26.4 Å². The van der Waals surface area contributed by atoms with E-state index in [0.717, 1.165) is 19.5 Å². The summed E-state index contributed by atoms with van der Waals surface area (Å²) in [5.74, 6) is 0. The van der Waals surface area contributed by atoms with Crippen molar-refractivity contribution >= 4 is 8.38 Å². The van der Waals surface area contributed by atoms with Gasteiger partial charge in [-0.15, -0.1) is 0 Å². The number of hydrogen-bond donors (Lipinski definition) is 2. The molecular weight excluding hydrogens is 197 g/mol. The van der Waals surface area contributed by atoms with Crippen molar-refractivity contribution in [3.63, 3.8) is 0 Å². The molecule has 12 heavy (non-hydrogen) atoms. The topological polar surface area (TPSA) is 70.2 Å². The number of nitrogens with one attached hydrogen (secondary N) is 2. The molecule has 0 aliphatic carbocycles. The van der Waals surface area contributed by atoms with Crippen LogP contribution in [0.15, 0.2) is 0 Å². The average molecular weight is 208 g/mol. The Balaban J connectivity index is 0. The van der Waals surface area contributed by atoms with Crippen LogP contribution < -0.4 is 79.5 Å². The third-order valence-electron chi connectivity index (χ3n) is 1.66. The summed E-state index contributed by atoms with van der Waals surface area (Å²) in [5.41, 5.74) is 0. The van der Waals surface area contributed by atoms with E-state index in [1.54, 1.807) is 6.92 Å². The van der Waals surface area contributed by atoms with Crippen LogP contribution in [0, 0.1) is 0 Å². The van der Waals surface area contributed by atoms with Gasteiger partial charge in [0, 0.05) is 0 Å². The van der Waals surface area contributed by atoms with Crippen molar-refractivity contribution in [2.24, 2.45) is 0 Å². The monoisotopic (exact) mass is 208 g/mol. The zero-order valence-corrected chi connectivity index (χ0v) is 12.8. The van der Waals surface area contributed by atoms with Gasteiger partial charge in [0.15, 0.2) is 0 Å². The van der Waals surface area contributed by atoms with Crippen LogP contribution in [0.3, 0.4) is 0 Å². The van der Waals surface area contributed by atoms with E-state index in [9.17, 15) is 9.79 Å². The molecule has 1 saturated heterocycles. The maximum Gasteiger partial charge on any atom is 1.00 e. The van der Waals surface area contributed by atoms with Crippen molar-refractivity contribution < 1.29 is 68.9 Å². The second-order valence-electron chi connectivity index (χ2n) is 2.54. The van der Waals surface area contributed by atoms with E-state index < -0.39 is 13.8 Å². The molecule has 7 heteroatoms. The van der Waals surface area contributed by atoms with Crippen molar-refractivity contribution in [3.8, 4) is 0 Å². The molecule has 0 saturated carbocycles. The predicted octanol–water partition coefficient (Wildman–Crippen LogP) is -7.72. The second kappa shape index (κ2) is 7.55. The largest absolute Gasteiger partial charge is 1.00 e. The standard InChI is InChI=1S/C5H11N2O2P.2Na/c1-5(10(8)9)6-3-2-4-7-5;;/h6-7H,2-4H2,1H3;;/q-2;2*+1. The van der Waals surface area contributed by atoms with Gasteiger partial charge in [-0.2, -0.15) is 0 Å². The summed E-state index contributed by atoms with van der Waals surface area (Å²) < 4.78 is 0. The molecule has 1 heterocycles. The Kier molecular flexibility index (Phi) is 10.5. The summed E-state index contributed by atoms with van der Waals surface area (Å²) in [7, 11) is -2.42. The second-order valence-corrected chi connectivity index (χ2v) is 3.95. The number of rotatable bonds is 1. The Hall–Kier alpha value is 2.27. The van der Waals surface area contributed by atoms with Crippen LogP contribution in [0.25, 0.3) is 0 Å². The molecule has 0 amide bonds. The first-order chi connectivity index (χ1) is 4.65. The summed E-state index contributed by atoms with van der Waals surface area (Å²) in [6, 6.07) is 0. The first kappa shape index (κ1) is 16.7. The fraction of sp³-hybridized carbons (Fsp3) is 1.00. The molecule has 0 aromatic heterocycles. The van der Waals surface area contributed by atoms with Gasteiger partial charge in [0.2, 0.25) is 0 Å². The molecule has 1 aliphatic heterocycles.